The Morgan fingerprint density at radius 2 is 0.438 bits per heavy atom. The van der Waals surface area contributed by atoms with Gasteiger partial charge in [0.1, 0.15) is 0 Å². The number of unbranched alkanes of at least 4 members (excludes halogenated alkanes) is 27. The van der Waals surface area contributed by atoms with Gasteiger partial charge in [-0.15, -0.1) is 0 Å². The van der Waals surface area contributed by atoms with Crippen LogP contribution in [-0.4, -0.2) is 63.3 Å². The van der Waals surface area contributed by atoms with Gasteiger partial charge in [0.25, 0.3) is 0 Å². The quantitative estimate of drug-likeness (QED) is 0.0346. The summed E-state index contributed by atoms with van der Waals surface area (Å²) in [5.74, 6) is 0. The van der Waals surface area contributed by atoms with Crippen molar-refractivity contribution in [3.8, 4) is 0 Å². The zero-order chi connectivity index (χ0) is 35.3. The van der Waals surface area contributed by atoms with E-state index in [0.717, 1.165) is 0 Å². The fraction of sp³-hybridized carbons (Fsp3) is 0.913. The summed E-state index contributed by atoms with van der Waals surface area (Å²) < 4.78 is 2.45. The van der Waals surface area contributed by atoms with E-state index in [1.54, 1.807) is 0 Å². The van der Waals surface area contributed by atoms with Gasteiger partial charge in [-0.25, -0.2) is 0 Å². The van der Waals surface area contributed by atoms with Crippen LogP contribution in [0.15, 0.2) is 24.3 Å². The lowest BCUT2D eigenvalue weighted by Gasteiger charge is -2.31. The van der Waals surface area contributed by atoms with Crippen molar-refractivity contribution >= 4 is 0 Å². The molecule has 0 aliphatic heterocycles. The standard InChI is InChI=1S/C46H94N2/c1-7-9-11-13-15-17-19-21-23-25-27-29-31-33-35-39-43-47(3,4)45-41-37-38-42-46-48(5,6)44-40-36-34-32-30-28-26-24-22-20-18-16-14-12-10-8-2/h21-24H,7-20,25-46H2,1-6H3/q+2. The average molecular weight is 675 g/mol. The van der Waals surface area contributed by atoms with Gasteiger partial charge < -0.3 is 8.97 Å². The van der Waals surface area contributed by atoms with Crippen LogP contribution >= 0.6 is 0 Å². The van der Waals surface area contributed by atoms with E-state index in [1.807, 2.05) is 0 Å². The van der Waals surface area contributed by atoms with E-state index in [2.05, 4.69) is 66.3 Å². The summed E-state index contributed by atoms with van der Waals surface area (Å²) in [5.41, 5.74) is 0. The lowest BCUT2D eigenvalue weighted by Crippen LogP contribution is -2.41. The zero-order valence-electron chi connectivity index (χ0n) is 34.7. The highest BCUT2D eigenvalue weighted by Gasteiger charge is 2.15. The first kappa shape index (κ1) is 47.4. The van der Waals surface area contributed by atoms with Gasteiger partial charge in [-0.05, 0) is 103 Å². The van der Waals surface area contributed by atoms with Crippen molar-refractivity contribution in [1.29, 1.82) is 0 Å². The highest BCUT2D eigenvalue weighted by molar-refractivity contribution is 4.82. The van der Waals surface area contributed by atoms with Gasteiger partial charge in [0, 0.05) is 0 Å². The summed E-state index contributed by atoms with van der Waals surface area (Å²) in [6, 6.07) is 0. The molecule has 0 N–H and O–H groups in total. The smallest absolute Gasteiger partial charge is 0.0782 e. The molecule has 0 saturated carbocycles. The van der Waals surface area contributed by atoms with E-state index in [9.17, 15) is 0 Å². The van der Waals surface area contributed by atoms with Crippen molar-refractivity contribution in [3.63, 3.8) is 0 Å². The van der Waals surface area contributed by atoms with E-state index >= 15 is 0 Å². The minimum atomic E-state index is 1.22. The molecule has 0 unspecified atom stereocenters. The number of hydrogen-bond donors (Lipinski definition) is 0. The largest absolute Gasteiger partial charge is 0.328 e. The molecule has 0 spiro atoms. The molecule has 0 amide bonds. The molecule has 286 valence electrons. The van der Waals surface area contributed by atoms with Crippen molar-refractivity contribution in [2.45, 2.75) is 219 Å². The van der Waals surface area contributed by atoms with Gasteiger partial charge in [-0.1, -0.05) is 141 Å². The third kappa shape index (κ3) is 38.2. The molecular weight excluding hydrogens is 581 g/mol. The predicted octanol–water partition coefficient (Wildman–Crippen LogP) is 14.8. The maximum absolute atomic E-state index is 2.46. The number of rotatable bonds is 39. The van der Waals surface area contributed by atoms with E-state index < -0.39 is 0 Å². The summed E-state index contributed by atoms with van der Waals surface area (Å²) in [6.45, 7) is 10.0. The minimum absolute atomic E-state index is 1.22. The predicted molar refractivity (Wildman–Crippen MR) is 221 cm³/mol. The second kappa shape index (κ2) is 36.2. The van der Waals surface area contributed by atoms with Crippen LogP contribution in [-0.2, 0) is 0 Å². The maximum atomic E-state index is 2.46. The van der Waals surface area contributed by atoms with E-state index in [-0.39, 0.29) is 0 Å². The summed E-state index contributed by atoms with van der Waals surface area (Å²) in [7, 11) is 9.86. The Morgan fingerprint density at radius 3 is 0.667 bits per heavy atom. The topological polar surface area (TPSA) is 0 Å². The van der Waals surface area contributed by atoms with Gasteiger partial charge in [0.05, 0.1) is 54.4 Å². The molecule has 0 heterocycles. The Morgan fingerprint density at radius 1 is 0.250 bits per heavy atom. The third-order valence-electron chi connectivity index (χ3n) is 10.8. The van der Waals surface area contributed by atoms with E-state index in [4.69, 9.17) is 0 Å². The van der Waals surface area contributed by atoms with Gasteiger partial charge in [-0.3, -0.25) is 0 Å². The first-order chi connectivity index (χ1) is 23.3. The summed E-state index contributed by atoms with van der Waals surface area (Å²) >= 11 is 0. The molecule has 0 aromatic rings. The Kier molecular flexibility index (Phi) is 35.7. The van der Waals surface area contributed by atoms with Gasteiger partial charge >= 0.3 is 0 Å². The summed E-state index contributed by atoms with van der Waals surface area (Å²) in [4.78, 5) is 0. The second-order valence-electron chi connectivity index (χ2n) is 17.1. The molecule has 2 nitrogen and oxygen atoms in total. The summed E-state index contributed by atoms with van der Waals surface area (Å²) in [6.07, 6.45) is 54.7. The minimum Gasteiger partial charge on any atom is -0.328 e. The van der Waals surface area contributed by atoms with Crippen LogP contribution < -0.4 is 0 Å². The summed E-state index contributed by atoms with van der Waals surface area (Å²) in [5, 5.41) is 0. The molecule has 48 heavy (non-hydrogen) atoms. The molecule has 0 aromatic carbocycles. The van der Waals surface area contributed by atoms with Crippen molar-refractivity contribution < 1.29 is 8.97 Å². The van der Waals surface area contributed by atoms with Crippen LogP contribution in [0, 0.1) is 0 Å². The van der Waals surface area contributed by atoms with Crippen LogP contribution in [0.3, 0.4) is 0 Å². The monoisotopic (exact) mass is 675 g/mol. The van der Waals surface area contributed by atoms with Crippen molar-refractivity contribution in [2.24, 2.45) is 0 Å². The Balaban J connectivity index is 3.52. The highest BCUT2D eigenvalue weighted by Crippen LogP contribution is 2.15. The maximum Gasteiger partial charge on any atom is 0.0782 e. The van der Waals surface area contributed by atoms with Crippen LogP contribution in [0.2, 0.25) is 0 Å². The molecule has 0 fully saturated rings. The molecule has 0 saturated heterocycles. The SMILES string of the molecule is CCCCCCCCC=CCCCCCCCC[N+](C)(C)CCCCCC[N+](C)(C)CCCCCCCCC=CCCCCCCCC. The number of quaternary nitrogens is 2. The average Bonchev–Trinajstić information content (AvgIpc) is 3.06. The molecule has 0 bridgehead atoms. The van der Waals surface area contributed by atoms with E-state index in [0.29, 0.717) is 0 Å². The van der Waals surface area contributed by atoms with Gasteiger partial charge in [0.2, 0.25) is 0 Å². The normalized spacial score (nSPS) is 12.7. The molecule has 0 aromatic heterocycles. The first-order valence-corrected chi connectivity index (χ1v) is 22.3. The van der Waals surface area contributed by atoms with Crippen LogP contribution in [0.5, 0.6) is 0 Å². The van der Waals surface area contributed by atoms with Gasteiger partial charge in [0.15, 0.2) is 0 Å². The Bertz CT molecular complexity index is 618. The molecule has 2 heteroatoms. The number of nitrogens with zero attached hydrogens (tertiary/aromatic N) is 2. The number of hydrogen-bond acceptors (Lipinski definition) is 0. The lowest BCUT2D eigenvalue weighted by atomic mass is 10.1. The lowest BCUT2D eigenvalue weighted by molar-refractivity contribution is -0.891. The molecule has 0 aliphatic rings. The first-order valence-electron chi connectivity index (χ1n) is 22.3. The fourth-order valence-corrected chi connectivity index (χ4v) is 7.23. The van der Waals surface area contributed by atoms with E-state index in [1.165, 1.54) is 241 Å². The van der Waals surface area contributed by atoms with Crippen LogP contribution in [0.25, 0.3) is 0 Å². The van der Waals surface area contributed by atoms with Crippen LogP contribution in [0.4, 0.5) is 0 Å². The third-order valence-corrected chi connectivity index (χ3v) is 10.8. The van der Waals surface area contributed by atoms with Crippen molar-refractivity contribution in [1.82, 2.24) is 0 Å². The molecular formula is C46H94N2+2. The van der Waals surface area contributed by atoms with Gasteiger partial charge in [-0.2, -0.15) is 0 Å². The zero-order valence-corrected chi connectivity index (χ0v) is 34.7. The number of allylic oxidation sites excluding steroid dienone is 4. The van der Waals surface area contributed by atoms with Crippen molar-refractivity contribution in [2.75, 3.05) is 54.4 Å². The second-order valence-corrected chi connectivity index (χ2v) is 17.1. The Hall–Kier alpha value is -0.600. The highest BCUT2D eigenvalue weighted by atomic mass is 15.3. The van der Waals surface area contributed by atoms with Crippen LogP contribution in [0.1, 0.15) is 219 Å². The molecule has 0 aliphatic carbocycles. The molecule has 0 atom stereocenters. The Labute approximate surface area is 306 Å². The molecule has 0 rings (SSSR count). The fourth-order valence-electron chi connectivity index (χ4n) is 7.23. The molecule has 0 radical (unpaired) electrons. The van der Waals surface area contributed by atoms with Crippen molar-refractivity contribution in [3.05, 3.63) is 24.3 Å².